The lowest BCUT2D eigenvalue weighted by molar-refractivity contribution is -0.144. The minimum absolute atomic E-state index is 0.0337. The minimum Gasteiger partial charge on any atom is -0.345 e. The summed E-state index contributed by atoms with van der Waals surface area (Å²) in [6.07, 6.45) is -3.53. The number of alkyl halides is 3. The highest BCUT2D eigenvalue weighted by atomic mass is 32.2. The van der Waals surface area contributed by atoms with Crippen LogP contribution in [0.25, 0.3) is 0 Å². The Kier molecular flexibility index (Phi) is 6.26. The van der Waals surface area contributed by atoms with Crippen molar-refractivity contribution in [2.45, 2.75) is 44.1 Å². The summed E-state index contributed by atoms with van der Waals surface area (Å²) < 4.78 is 36.7. The highest BCUT2D eigenvalue weighted by Gasteiger charge is 2.36. The van der Waals surface area contributed by atoms with Crippen molar-refractivity contribution in [2.75, 3.05) is 18.8 Å². The molecular weight excluding hydrogens is 357 g/mol. The molecule has 1 aliphatic rings. The molecule has 138 valence electrons. The first-order valence-electron chi connectivity index (χ1n) is 7.75. The lowest BCUT2D eigenvalue weighted by Crippen LogP contribution is -2.48. The third-order valence-electron chi connectivity index (χ3n) is 3.63. The Morgan fingerprint density at radius 2 is 1.96 bits per heavy atom. The average Bonchev–Trinajstić information content (AvgIpc) is 2.98. The summed E-state index contributed by atoms with van der Waals surface area (Å²) in [5.41, 5.74) is 1.57. The Morgan fingerprint density at radius 3 is 2.56 bits per heavy atom. The van der Waals surface area contributed by atoms with Crippen LogP contribution >= 0.6 is 11.8 Å². The molecule has 0 aliphatic carbocycles. The highest BCUT2D eigenvalue weighted by molar-refractivity contribution is 7.99. The van der Waals surface area contributed by atoms with E-state index in [0.29, 0.717) is 24.5 Å². The number of nitrogens with one attached hydrogen (secondary N) is 1. The van der Waals surface area contributed by atoms with Gasteiger partial charge < -0.3 is 10.2 Å². The molecule has 10 heteroatoms. The van der Waals surface area contributed by atoms with Gasteiger partial charge in [-0.15, -0.1) is 0 Å². The summed E-state index contributed by atoms with van der Waals surface area (Å²) >= 11 is 1.15. The second-order valence-electron chi connectivity index (χ2n) is 5.80. The van der Waals surface area contributed by atoms with Crippen LogP contribution in [0.4, 0.5) is 13.2 Å². The number of aryl methyl sites for hydroxylation is 2. The van der Waals surface area contributed by atoms with E-state index in [1.54, 1.807) is 0 Å². The fourth-order valence-electron chi connectivity index (χ4n) is 2.61. The molecular formula is C15H19F3N4O2S. The zero-order valence-electron chi connectivity index (χ0n) is 13.9. The summed E-state index contributed by atoms with van der Waals surface area (Å²) in [6, 6.07) is 0.962. The number of hydrogen-bond donors (Lipinski definition) is 1. The number of carbonyl (C=O) groups is 2. The molecule has 25 heavy (non-hydrogen) atoms. The number of rotatable bonds is 5. The van der Waals surface area contributed by atoms with Gasteiger partial charge in [0.05, 0.1) is 5.75 Å². The van der Waals surface area contributed by atoms with Gasteiger partial charge in [0.1, 0.15) is 12.6 Å². The molecule has 2 rings (SSSR count). The Bertz CT molecular complexity index is 634. The fraction of sp³-hybridized carbons (Fsp3) is 0.600. The number of likely N-dealkylation sites (tertiary alicyclic amines) is 1. The number of halogens is 3. The summed E-state index contributed by atoms with van der Waals surface area (Å²) in [6.45, 7) is 2.61. The van der Waals surface area contributed by atoms with Crippen LogP contribution in [-0.2, 0) is 9.59 Å². The lowest BCUT2D eigenvalue weighted by atomic mass is 10.2. The van der Waals surface area contributed by atoms with Crippen LogP contribution in [0.1, 0.15) is 24.2 Å². The molecule has 0 saturated carbocycles. The van der Waals surface area contributed by atoms with Crippen LogP contribution in [0.2, 0.25) is 0 Å². The van der Waals surface area contributed by atoms with Crippen molar-refractivity contribution in [1.29, 1.82) is 0 Å². The maximum absolute atomic E-state index is 12.4. The van der Waals surface area contributed by atoms with Gasteiger partial charge in [-0.25, -0.2) is 9.97 Å². The molecule has 1 fully saturated rings. The van der Waals surface area contributed by atoms with E-state index >= 15 is 0 Å². The van der Waals surface area contributed by atoms with Crippen LogP contribution in [0.15, 0.2) is 11.2 Å². The lowest BCUT2D eigenvalue weighted by Gasteiger charge is -2.24. The molecule has 0 radical (unpaired) electrons. The van der Waals surface area contributed by atoms with E-state index in [2.05, 4.69) is 9.97 Å². The topological polar surface area (TPSA) is 75.2 Å². The number of hydrogen-bond acceptors (Lipinski definition) is 5. The van der Waals surface area contributed by atoms with E-state index in [9.17, 15) is 22.8 Å². The van der Waals surface area contributed by atoms with Crippen LogP contribution in [-0.4, -0.2) is 57.7 Å². The van der Waals surface area contributed by atoms with Gasteiger partial charge in [0.25, 0.3) is 0 Å². The molecule has 2 amide bonds. The number of aromatic nitrogens is 2. The summed E-state index contributed by atoms with van der Waals surface area (Å²) in [7, 11) is 0. The largest absolute Gasteiger partial charge is 0.405 e. The molecule has 1 atom stereocenters. The second kappa shape index (κ2) is 8.03. The van der Waals surface area contributed by atoms with Gasteiger partial charge in [-0.3, -0.25) is 9.59 Å². The molecule has 0 bridgehead atoms. The number of thioether (sulfide) groups is 1. The molecule has 1 aliphatic heterocycles. The van der Waals surface area contributed by atoms with E-state index in [1.165, 1.54) is 4.90 Å². The number of amides is 2. The predicted molar refractivity (Wildman–Crippen MR) is 86.0 cm³/mol. The van der Waals surface area contributed by atoms with Crippen molar-refractivity contribution in [3.8, 4) is 0 Å². The quantitative estimate of drug-likeness (QED) is 0.627. The van der Waals surface area contributed by atoms with Gasteiger partial charge in [0.2, 0.25) is 11.8 Å². The predicted octanol–water partition coefficient (Wildman–Crippen LogP) is 1.86. The molecule has 1 aromatic heterocycles. The molecule has 1 saturated heterocycles. The third-order valence-corrected chi connectivity index (χ3v) is 4.46. The Hall–Kier alpha value is -1.84. The molecule has 1 aromatic rings. The Morgan fingerprint density at radius 1 is 1.32 bits per heavy atom. The minimum atomic E-state index is -4.47. The van der Waals surface area contributed by atoms with Gasteiger partial charge in [0, 0.05) is 17.9 Å². The Labute approximate surface area is 147 Å². The van der Waals surface area contributed by atoms with E-state index < -0.39 is 24.7 Å². The van der Waals surface area contributed by atoms with E-state index in [-0.39, 0.29) is 11.7 Å². The molecule has 2 heterocycles. The van der Waals surface area contributed by atoms with Gasteiger partial charge in [-0.2, -0.15) is 13.2 Å². The van der Waals surface area contributed by atoms with Crippen molar-refractivity contribution >= 4 is 23.6 Å². The standard InChI is InChI=1S/C15H19F3N4O2S/c1-9-6-10(2)21-14(20-9)25-7-12(23)22-5-3-4-11(22)13(24)19-8-15(16,17)18/h6,11H,3-5,7-8H2,1-2H3,(H,19,24)/t11-/m0/s1. The van der Waals surface area contributed by atoms with Crippen molar-refractivity contribution in [1.82, 2.24) is 20.2 Å². The maximum atomic E-state index is 12.4. The third kappa shape index (κ3) is 5.87. The van der Waals surface area contributed by atoms with E-state index in [1.807, 2.05) is 25.2 Å². The van der Waals surface area contributed by atoms with Gasteiger partial charge in [-0.1, -0.05) is 11.8 Å². The monoisotopic (exact) mass is 376 g/mol. The molecule has 0 unspecified atom stereocenters. The van der Waals surface area contributed by atoms with Gasteiger partial charge >= 0.3 is 6.18 Å². The van der Waals surface area contributed by atoms with Crippen molar-refractivity contribution < 1.29 is 22.8 Å². The number of nitrogens with zero attached hydrogens (tertiary/aromatic N) is 3. The maximum Gasteiger partial charge on any atom is 0.405 e. The van der Waals surface area contributed by atoms with E-state index in [4.69, 9.17) is 0 Å². The first-order chi connectivity index (χ1) is 11.7. The SMILES string of the molecule is Cc1cc(C)nc(SCC(=O)N2CCC[C@H]2C(=O)NCC(F)(F)F)n1. The molecule has 6 nitrogen and oxygen atoms in total. The highest BCUT2D eigenvalue weighted by Crippen LogP contribution is 2.21. The van der Waals surface area contributed by atoms with Crippen LogP contribution in [0, 0.1) is 13.8 Å². The summed E-state index contributed by atoms with van der Waals surface area (Å²) in [4.78, 5) is 34.1. The molecule has 1 N–H and O–H groups in total. The summed E-state index contributed by atoms with van der Waals surface area (Å²) in [5, 5.41) is 2.31. The fourth-order valence-corrected chi connectivity index (χ4v) is 3.45. The summed E-state index contributed by atoms with van der Waals surface area (Å²) in [5.74, 6) is -1.04. The zero-order valence-corrected chi connectivity index (χ0v) is 14.7. The first-order valence-corrected chi connectivity index (χ1v) is 8.73. The van der Waals surface area contributed by atoms with Crippen LogP contribution in [0.3, 0.4) is 0 Å². The van der Waals surface area contributed by atoms with Crippen molar-refractivity contribution in [2.24, 2.45) is 0 Å². The second-order valence-corrected chi connectivity index (χ2v) is 6.74. The molecule has 0 spiro atoms. The van der Waals surface area contributed by atoms with Crippen LogP contribution in [0.5, 0.6) is 0 Å². The number of carbonyl (C=O) groups excluding carboxylic acids is 2. The zero-order chi connectivity index (χ0) is 18.6. The van der Waals surface area contributed by atoms with Gasteiger partial charge in [0.15, 0.2) is 5.16 Å². The van der Waals surface area contributed by atoms with Crippen molar-refractivity contribution in [3.05, 3.63) is 17.5 Å². The van der Waals surface area contributed by atoms with Crippen molar-refractivity contribution in [3.63, 3.8) is 0 Å². The van der Waals surface area contributed by atoms with Gasteiger partial charge in [-0.05, 0) is 32.8 Å². The average molecular weight is 376 g/mol. The van der Waals surface area contributed by atoms with Crippen LogP contribution < -0.4 is 5.32 Å². The molecule has 0 aromatic carbocycles. The Balaban J connectivity index is 1.92. The smallest absolute Gasteiger partial charge is 0.345 e. The van der Waals surface area contributed by atoms with E-state index in [0.717, 1.165) is 23.1 Å². The normalized spacial score (nSPS) is 17.6. The first kappa shape index (κ1) is 19.5.